The Labute approximate surface area is 122 Å². The number of nitrogens with one attached hydrogen (secondary N) is 1. The highest BCUT2D eigenvalue weighted by molar-refractivity contribution is 9.10. The molecule has 0 heterocycles. The molecular formula is C14H20BrNO3. The first-order valence-electron chi connectivity index (χ1n) is 6.42. The maximum absolute atomic E-state index is 11.6. The van der Waals surface area contributed by atoms with Crippen LogP contribution < -0.4 is 5.32 Å². The van der Waals surface area contributed by atoms with E-state index >= 15 is 0 Å². The Morgan fingerprint density at radius 2 is 2.21 bits per heavy atom. The molecule has 19 heavy (non-hydrogen) atoms. The molecule has 1 amide bonds. The van der Waals surface area contributed by atoms with Crippen LogP contribution in [0, 0.1) is 0 Å². The number of benzene rings is 1. The molecule has 0 spiro atoms. The van der Waals surface area contributed by atoms with E-state index in [1.165, 1.54) is 0 Å². The van der Waals surface area contributed by atoms with E-state index in [1.54, 1.807) is 0 Å². The number of hydrogen-bond donors (Lipinski definition) is 2. The second kappa shape index (κ2) is 9.95. The molecule has 1 aromatic carbocycles. The highest BCUT2D eigenvalue weighted by Crippen LogP contribution is 2.12. The minimum atomic E-state index is 0.0407. The summed E-state index contributed by atoms with van der Waals surface area (Å²) in [6.07, 6.45) is 2.00. The molecule has 106 valence electrons. The second-order valence-corrected chi connectivity index (χ2v) is 5.09. The highest BCUT2D eigenvalue weighted by Gasteiger charge is 2.02. The smallest absolute Gasteiger partial charge is 0.220 e. The molecule has 0 saturated heterocycles. The van der Waals surface area contributed by atoms with Gasteiger partial charge in [-0.15, -0.1) is 0 Å². The summed E-state index contributed by atoms with van der Waals surface area (Å²) in [4.78, 5) is 11.6. The summed E-state index contributed by atoms with van der Waals surface area (Å²) in [6, 6.07) is 7.97. The van der Waals surface area contributed by atoms with Gasteiger partial charge in [-0.25, -0.2) is 0 Å². The van der Waals surface area contributed by atoms with Crippen LogP contribution >= 0.6 is 15.9 Å². The zero-order chi connectivity index (χ0) is 13.9. The Hall–Kier alpha value is -0.910. The summed E-state index contributed by atoms with van der Waals surface area (Å²) in [5.41, 5.74) is 1.15. The van der Waals surface area contributed by atoms with Gasteiger partial charge in [0.15, 0.2) is 0 Å². The molecule has 0 aliphatic heterocycles. The predicted octanol–water partition coefficient (Wildman–Crippen LogP) is 1.90. The van der Waals surface area contributed by atoms with E-state index in [2.05, 4.69) is 21.2 Å². The molecule has 1 rings (SSSR count). The number of aryl methyl sites for hydroxylation is 1. The maximum atomic E-state index is 11.6. The van der Waals surface area contributed by atoms with E-state index in [1.807, 2.05) is 24.3 Å². The van der Waals surface area contributed by atoms with Crippen LogP contribution in [0.5, 0.6) is 0 Å². The van der Waals surface area contributed by atoms with Crippen molar-refractivity contribution in [2.45, 2.75) is 19.3 Å². The van der Waals surface area contributed by atoms with Gasteiger partial charge >= 0.3 is 0 Å². The number of carbonyl (C=O) groups is 1. The zero-order valence-electron chi connectivity index (χ0n) is 10.9. The van der Waals surface area contributed by atoms with Gasteiger partial charge in [-0.1, -0.05) is 28.1 Å². The molecule has 0 saturated carbocycles. The number of ether oxygens (including phenoxy) is 1. The molecule has 2 N–H and O–H groups in total. The van der Waals surface area contributed by atoms with Crippen molar-refractivity contribution in [3.8, 4) is 0 Å². The average molecular weight is 330 g/mol. The Balaban J connectivity index is 2.08. The molecule has 1 aromatic rings. The molecule has 0 atom stereocenters. The predicted molar refractivity (Wildman–Crippen MR) is 78.0 cm³/mol. The van der Waals surface area contributed by atoms with E-state index in [0.717, 1.165) is 22.9 Å². The van der Waals surface area contributed by atoms with Crippen molar-refractivity contribution in [2.24, 2.45) is 0 Å². The van der Waals surface area contributed by atoms with Crippen molar-refractivity contribution in [1.82, 2.24) is 5.32 Å². The molecule has 5 heteroatoms. The summed E-state index contributed by atoms with van der Waals surface area (Å²) in [5, 5.41) is 11.4. The van der Waals surface area contributed by atoms with Gasteiger partial charge in [0.1, 0.15) is 0 Å². The molecule has 4 nitrogen and oxygen atoms in total. The lowest BCUT2D eigenvalue weighted by Gasteiger charge is -2.06. The van der Waals surface area contributed by atoms with Gasteiger partial charge in [0.2, 0.25) is 5.91 Å². The van der Waals surface area contributed by atoms with Crippen LogP contribution in [0.25, 0.3) is 0 Å². The van der Waals surface area contributed by atoms with E-state index in [0.29, 0.717) is 26.2 Å². The number of carbonyl (C=O) groups excluding carboxylic acids is 1. The lowest BCUT2D eigenvalue weighted by atomic mass is 10.1. The molecule has 0 fully saturated rings. The summed E-state index contributed by atoms with van der Waals surface area (Å²) in [5.74, 6) is 0.0575. The monoisotopic (exact) mass is 329 g/mol. The third-order valence-electron chi connectivity index (χ3n) is 2.55. The summed E-state index contributed by atoms with van der Waals surface area (Å²) >= 11 is 3.41. The number of hydrogen-bond acceptors (Lipinski definition) is 3. The summed E-state index contributed by atoms with van der Waals surface area (Å²) < 4.78 is 6.13. The van der Waals surface area contributed by atoms with Gasteiger partial charge in [-0.2, -0.15) is 0 Å². The zero-order valence-corrected chi connectivity index (χ0v) is 12.5. The molecule has 0 aromatic heterocycles. The van der Waals surface area contributed by atoms with Gasteiger partial charge in [-0.05, 0) is 30.5 Å². The fraction of sp³-hybridized carbons (Fsp3) is 0.500. The first-order valence-corrected chi connectivity index (χ1v) is 7.21. The lowest BCUT2D eigenvalue weighted by Crippen LogP contribution is -2.25. The van der Waals surface area contributed by atoms with Crippen molar-refractivity contribution in [3.63, 3.8) is 0 Å². The van der Waals surface area contributed by atoms with Crippen LogP contribution in [0.1, 0.15) is 18.4 Å². The van der Waals surface area contributed by atoms with Gasteiger partial charge < -0.3 is 15.2 Å². The van der Waals surface area contributed by atoms with Crippen molar-refractivity contribution < 1.29 is 14.6 Å². The van der Waals surface area contributed by atoms with Crippen LogP contribution in [-0.4, -0.2) is 37.4 Å². The number of aliphatic hydroxyl groups excluding tert-OH is 1. The van der Waals surface area contributed by atoms with Crippen molar-refractivity contribution in [2.75, 3.05) is 26.4 Å². The summed E-state index contributed by atoms with van der Waals surface area (Å²) in [6.45, 7) is 1.57. The fourth-order valence-electron chi connectivity index (χ4n) is 1.61. The van der Waals surface area contributed by atoms with Crippen molar-refractivity contribution in [1.29, 1.82) is 0 Å². The summed E-state index contributed by atoms with van der Waals surface area (Å²) in [7, 11) is 0. The topological polar surface area (TPSA) is 58.6 Å². The fourth-order valence-corrected chi connectivity index (χ4v) is 2.05. The minimum Gasteiger partial charge on any atom is -0.394 e. The largest absolute Gasteiger partial charge is 0.394 e. The molecule has 0 bridgehead atoms. The average Bonchev–Trinajstić information content (AvgIpc) is 2.40. The SMILES string of the molecule is O=C(CCc1cccc(Br)c1)NCCCOCCO. The Bertz CT molecular complexity index is 385. The van der Waals surface area contributed by atoms with Crippen LogP contribution in [0.15, 0.2) is 28.7 Å². The Morgan fingerprint density at radius 1 is 1.37 bits per heavy atom. The van der Waals surface area contributed by atoms with E-state index in [9.17, 15) is 4.79 Å². The van der Waals surface area contributed by atoms with Gasteiger partial charge in [0, 0.05) is 24.0 Å². The van der Waals surface area contributed by atoms with Gasteiger partial charge in [-0.3, -0.25) is 4.79 Å². The number of aliphatic hydroxyl groups is 1. The molecule has 0 radical (unpaired) electrons. The van der Waals surface area contributed by atoms with Crippen LogP contribution in [0.4, 0.5) is 0 Å². The first-order chi connectivity index (χ1) is 9.22. The second-order valence-electron chi connectivity index (χ2n) is 4.17. The third-order valence-corrected chi connectivity index (χ3v) is 3.05. The van der Waals surface area contributed by atoms with E-state index in [4.69, 9.17) is 9.84 Å². The van der Waals surface area contributed by atoms with Crippen LogP contribution in [0.3, 0.4) is 0 Å². The number of amides is 1. The highest BCUT2D eigenvalue weighted by atomic mass is 79.9. The standard InChI is InChI=1S/C14H20BrNO3/c15-13-4-1-3-12(11-13)5-6-14(18)16-7-2-9-19-10-8-17/h1,3-4,11,17H,2,5-10H2,(H,16,18). The maximum Gasteiger partial charge on any atom is 0.220 e. The van der Waals surface area contributed by atoms with Crippen LogP contribution in [-0.2, 0) is 16.0 Å². The number of halogens is 1. The number of rotatable bonds is 9. The Kier molecular flexibility index (Phi) is 8.45. The molecular weight excluding hydrogens is 310 g/mol. The quantitative estimate of drug-likeness (QED) is 0.680. The lowest BCUT2D eigenvalue weighted by molar-refractivity contribution is -0.121. The molecule has 0 aliphatic carbocycles. The van der Waals surface area contributed by atoms with E-state index < -0.39 is 0 Å². The van der Waals surface area contributed by atoms with Crippen molar-refractivity contribution in [3.05, 3.63) is 34.3 Å². The minimum absolute atomic E-state index is 0.0407. The molecule has 0 unspecified atom stereocenters. The van der Waals surface area contributed by atoms with E-state index in [-0.39, 0.29) is 12.5 Å². The third kappa shape index (κ3) is 7.97. The molecule has 0 aliphatic rings. The first kappa shape index (κ1) is 16.1. The Morgan fingerprint density at radius 3 is 2.95 bits per heavy atom. The van der Waals surface area contributed by atoms with Gasteiger partial charge in [0.25, 0.3) is 0 Å². The van der Waals surface area contributed by atoms with Gasteiger partial charge in [0.05, 0.1) is 13.2 Å². The normalized spacial score (nSPS) is 10.4. The van der Waals surface area contributed by atoms with Crippen LogP contribution in [0.2, 0.25) is 0 Å². The van der Waals surface area contributed by atoms with Crippen molar-refractivity contribution >= 4 is 21.8 Å².